The van der Waals surface area contributed by atoms with E-state index in [1.54, 1.807) is 6.20 Å². The number of aromatic nitrogens is 1. The maximum absolute atomic E-state index is 11.8. The molecule has 0 bridgehead atoms. The highest BCUT2D eigenvalue weighted by atomic mass is 16.2. The van der Waals surface area contributed by atoms with Gasteiger partial charge in [-0.3, -0.25) is 4.98 Å². The molecule has 0 aliphatic rings. The quantitative estimate of drug-likeness (QED) is 0.884. The predicted molar refractivity (Wildman–Crippen MR) is 84.7 cm³/mol. The Morgan fingerprint density at radius 1 is 1.19 bits per heavy atom. The van der Waals surface area contributed by atoms with Gasteiger partial charge >= 0.3 is 6.03 Å². The Morgan fingerprint density at radius 3 is 2.67 bits per heavy atom. The summed E-state index contributed by atoms with van der Waals surface area (Å²) in [4.78, 5) is 16.0. The fraction of sp³-hybridized carbons (Fsp3) is 0.176. The van der Waals surface area contributed by atoms with Crippen molar-refractivity contribution in [1.82, 2.24) is 15.6 Å². The van der Waals surface area contributed by atoms with Crippen LogP contribution in [0.4, 0.5) is 4.79 Å². The summed E-state index contributed by atoms with van der Waals surface area (Å²) in [5, 5.41) is 5.64. The van der Waals surface area contributed by atoms with Crippen LogP contribution in [0.3, 0.4) is 0 Å². The normalized spacial score (nSPS) is 12.0. The zero-order chi connectivity index (χ0) is 14.9. The van der Waals surface area contributed by atoms with Crippen LogP contribution >= 0.6 is 0 Å². The van der Waals surface area contributed by atoms with E-state index in [1.807, 2.05) is 67.6 Å². The number of nitrogens with zero attached hydrogens (tertiary/aromatic N) is 1. The second-order valence-electron chi connectivity index (χ2n) is 4.64. The van der Waals surface area contributed by atoms with Crippen LogP contribution in [0, 0.1) is 0 Å². The highest BCUT2D eigenvalue weighted by Crippen LogP contribution is 2.07. The fourth-order valence-electron chi connectivity index (χ4n) is 1.86. The Hall–Kier alpha value is -2.62. The van der Waals surface area contributed by atoms with E-state index in [1.165, 1.54) is 0 Å². The Balaban J connectivity index is 1.74. The highest BCUT2D eigenvalue weighted by molar-refractivity contribution is 5.74. The number of urea groups is 1. The first-order valence-corrected chi connectivity index (χ1v) is 6.92. The summed E-state index contributed by atoms with van der Waals surface area (Å²) in [6.45, 7) is 2.39. The molecule has 0 radical (unpaired) electrons. The Labute approximate surface area is 124 Å². The third-order valence-corrected chi connectivity index (χ3v) is 2.97. The lowest BCUT2D eigenvalue weighted by Gasteiger charge is -2.13. The Bertz CT molecular complexity index is 581. The molecule has 0 aliphatic carbocycles. The second-order valence-corrected chi connectivity index (χ2v) is 4.64. The standard InChI is InChI=1S/C17H19N3O/c1-14(16-11-5-6-12-18-16)20-17(21)19-13-7-10-15-8-3-2-4-9-15/h2-12,14H,13H2,1H3,(H2,19,20,21)/b10-7-/t14-/m1/s1. The van der Waals surface area contributed by atoms with Crippen molar-refractivity contribution in [3.05, 3.63) is 72.1 Å². The number of hydrogen-bond acceptors (Lipinski definition) is 2. The van der Waals surface area contributed by atoms with Gasteiger partial charge in [0.1, 0.15) is 0 Å². The number of hydrogen-bond donors (Lipinski definition) is 2. The molecule has 0 fully saturated rings. The van der Waals surface area contributed by atoms with Crippen LogP contribution in [0.15, 0.2) is 60.8 Å². The molecule has 2 amide bonds. The smallest absolute Gasteiger partial charge is 0.315 e. The van der Waals surface area contributed by atoms with Crippen molar-refractivity contribution in [2.75, 3.05) is 6.54 Å². The zero-order valence-corrected chi connectivity index (χ0v) is 12.0. The summed E-state index contributed by atoms with van der Waals surface area (Å²) in [5.74, 6) is 0. The van der Waals surface area contributed by atoms with Crippen molar-refractivity contribution in [3.8, 4) is 0 Å². The first-order valence-electron chi connectivity index (χ1n) is 6.92. The Kier molecular flexibility index (Phi) is 5.52. The number of nitrogens with one attached hydrogen (secondary N) is 2. The molecule has 21 heavy (non-hydrogen) atoms. The van der Waals surface area contributed by atoms with Crippen molar-refractivity contribution in [2.45, 2.75) is 13.0 Å². The van der Waals surface area contributed by atoms with E-state index in [2.05, 4.69) is 15.6 Å². The number of rotatable bonds is 5. The highest BCUT2D eigenvalue weighted by Gasteiger charge is 2.08. The van der Waals surface area contributed by atoms with E-state index in [4.69, 9.17) is 0 Å². The van der Waals surface area contributed by atoms with Gasteiger partial charge < -0.3 is 10.6 Å². The lowest BCUT2D eigenvalue weighted by atomic mass is 10.2. The molecule has 2 rings (SSSR count). The minimum atomic E-state index is -0.203. The summed E-state index contributed by atoms with van der Waals surface area (Å²) >= 11 is 0. The molecule has 0 saturated carbocycles. The number of pyridine rings is 1. The van der Waals surface area contributed by atoms with E-state index >= 15 is 0 Å². The molecular formula is C17H19N3O. The monoisotopic (exact) mass is 281 g/mol. The van der Waals surface area contributed by atoms with Crippen LogP contribution in [-0.2, 0) is 0 Å². The first kappa shape index (κ1) is 14.8. The van der Waals surface area contributed by atoms with Gasteiger partial charge in [0, 0.05) is 12.7 Å². The second kappa shape index (κ2) is 7.85. The topological polar surface area (TPSA) is 54.0 Å². The number of benzene rings is 1. The molecule has 0 unspecified atom stereocenters. The van der Waals surface area contributed by atoms with E-state index < -0.39 is 0 Å². The number of amides is 2. The van der Waals surface area contributed by atoms with E-state index in [0.29, 0.717) is 6.54 Å². The van der Waals surface area contributed by atoms with Gasteiger partial charge in [0.25, 0.3) is 0 Å². The first-order chi connectivity index (χ1) is 10.3. The molecule has 1 atom stereocenters. The van der Waals surface area contributed by atoms with Gasteiger partial charge in [-0.2, -0.15) is 0 Å². The van der Waals surface area contributed by atoms with Crippen molar-refractivity contribution in [1.29, 1.82) is 0 Å². The van der Waals surface area contributed by atoms with Gasteiger partial charge in [-0.15, -0.1) is 0 Å². The predicted octanol–water partition coefficient (Wildman–Crippen LogP) is 3.16. The molecule has 4 nitrogen and oxygen atoms in total. The molecule has 2 N–H and O–H groups in total. The molecule has 4 heteroatoms. The van der Waals surface area contributed by atoms with Crippen LogP contribution < -0.4 is 10.6 Å². The SMILES string of the molecule is C[C@@H](NC(=O)NC/C=C\c1ccccc1)c1ccccn1. The van der Waals surface area contributed by atoms with Gasteiger partial charge in [0.15, 0.2) is 0 Å². The Morgan fingerprint density at radius 2 is 1.95 bits per heavy atom. The lowest BCUT2D eigenvalue weighted by Crippen LogP contribution is -2.37. The van der Waals surface area contributed by atoms with Crippen molar-refractivity contribution in [3.63, 3.8) is 0 Å². The van der Waals surface area contributed by atoms with E-state index in [0.717, 1.165) is 11.3 Å². The van der Waals surface area contributed by atoms with Gasteiger partial charge in [-0.25, -0.2) is 4.79 Å². The summed E-state index contributed by atoms with van der Waals surface area (Å²) in [7, 11) is 0. The minimum absolute atomic E-state index is 0.121. The van der Waals surface area contributed by atoms with Gasteiger partial charge in [-0.1, -0.05) is 48.6 Å². The van der Waals surface area contributed by atoms with Gasteiger partial charge in [0.05, 0.1) is 11.7 Å². The molecule has 0 aliphatic heterocycles. The number of carbonyl (C=O) groups is 1. The fourth-order valence-corrected chi connectivity index (χ4v) is 1.86. The molecule has 108 valence electrons. The van der Waals surface area contributed by atoms with Crippen LogP contribution in [-0.4, -0.2) is 17.6 Å². The molecule has 0 saturated heterocycles. The van der Waals surface area contributed by atoms with Crippen molar-refractivity contribution in [2.24, 2.45) is 0 Å². The van der Waals surface area contributed by atoms with Crippen LogP contribution in [0.5, 0.6) is 0 Å². The molecule has 1 aromatic carbocycles. The molecular weight excluding hydrogens is 262 g/mol. The molecule has 2 aromatic rings. The average molecular weight is 281 g/mol. The maximum atomic E-state index is 11.8. The van der Waals surface area contributed by atoms with Gasteiger partial charge in [-0.05, 0) is 24.6 Å². The van der Waals surface area contributed by atoms with Crippen LogP contribution in [0.1, 0.15) is 24.2 Å². The third-order valence-electron chi connectivity index (χ3n) is 2.97. The summed E-state index contributed by atoms with van der Waals surface area (Å²) < 4.78 is 0. The zero-order valence-electron chi connectivity index (χ0n) is 12.0. The lowest BCUT2D eigenvalue weighted by molar-refractivity contribution is 0.238. The molecule has 0 spiro atoms. The van der Waals surface area contributed by atoms with E-state index in [-0.39, 0.29) is 12.1 Å². The summed E-state index contributed by atoms with van der Waals surface area (Å²) in [5.41, 5.74) is 1.95. The van der Waals surface area contributed by atoms with Crippen LogP contribution in [0.25, 0.3) is 6.08 Å². The average Bonchev–Trinajstić information content (AvgIpc) is 2.53. The van der Waals surface area contributed by atoms with Crippen molar-refractivity contribution >= 4 is 12.1 Å². The third kappa shape index (κ3) is 5.10. The summed E-state index contributed by atoms with van der Waals surface area (Å²) in [6, 6.07) is 15.3. The summed E-state index contributed by atoms with van der Waals surface area (Å²) in [6.07, 6.45) is 5.61. The molecule has 1 aromatic heterocycles. The van der Waals surface area contributed by atoms with Crippen LogP contribution in [0.2, 0.25) is 0 Å². The van der Waals surface area contributed by atoms with Gasteiger partial charge in [0.2, 0.25) is 0 Å². The maximum Gasteiger partial charge on any atom is 0.315 e. The molecule has 1 heterocycles. The minimum Gasteiger partial charge on any atom is -0.335 e. The van der Waals surface area contributed by atoms with Crippen molar-refractivity contribution < 1.29 is 4.79 Å². The largest absolute Gasteiger partial charge is 0.335 e. The van der Waals surface area contributed by atoms with E-state index in [9.17, 15) is 4.79 Å². The number of carbonyl (C=O) groups excluding carboxylic acids is 1.